The second-order valence-corrected chi connectivity index (χ2v) is 8.89. The number of fused-ring (bicyclic) bond motifs is 3. The van der Waals surface area contributed by atoms with Crippen LogP contribution in [0.4, 0.5) is 5.69 Å². The fourth-order valence-corrected chi connectivity index (χ4v) is 5.29. The lowest BCUT2D eigenvalue weighted by Gasteiger charge is -2.08. The van der Waals surface area contributed by atoms with Crippen LogP contribution in [0.5, 0.6) is 0 Å². The summed E-state index contributed by atoms with van der Waals surface area (Å²) in [6.07, 6.45) is 4.05. The molecule has 29 heavy (non-hydrogen) atoms. The summed E-state index contributed by atoms with van der Waals surface area (Å²) >= 11 is 3.34. The Morgan fingerprint density at radius 1 is 1.28 bits per heavy atom. The van der Waals surface area contributed by atoms with Crippen LogP contribution in [-0.2, 0) is 4.84 Å². The molecule has 1 aliphatic rings. The number of nitrogens with zero attached hydrogens (tertiary/aromatic N) is 4. The maximum atomic E-state index is 11.0. The van der Waals surface area contributed by atoms with Gasteiger partial charge in [0.2, 0.25) is 0 Å². The Kier molecular flexibility index (Phi) is 5.44. The van der Waals surface area contributed by atoms with Crippen LogP contribution in [0.25, 0.3) is 16.8 Å². The van der Waals surface area contributed by atoms with Crippen molar-refractivity contribution in [1.29, 1.82) is 0 Å². The molecule has 0 amide bonds. The third-order valence-corrected chi connectivity index (χ3v) is 6.94. The number of thiophene rings is 1. The number of aromatic nitrogens is 1. The molecular formula is C20H20N4O3S2. The van der Waals surface area contributed by atoms with Crippen LogP contribution in [0.2, 0.25) is 0 Å². The zero-order valence-electron chi connectivity index (χ0n) is 16.3. The van der Waals surface area contributed by atoms with Gasteiger partial charge in [0.05, 0.1) is 25.4 Å². The van der Waals surface area contributed by atoms with Gasteiger partial charge in [-0.05, 0) is 50.2 Å². The van der Waals surface area contributed by atoms with Gasteiger partial charge in [0.1, 0.15) is 12.3 Å². The molecule has 1 aromatic carbocycles. The molecule has 150 valence electrons. The molecule has 3 aromatic rings. The molecule has 1 aliphatic heterocycles. The van der Waals surface area contributed by atoms with E-state index in [2.05, 4.69) is 9.72 Å². The molecule has 0 spiro atoms. The smallest absolute Gasteiger partial charge is 0.269 e. The van der Waals surface area contributed by atoms with Gasteiger partial charge in [0.25, 0.3) is 5.69 Å². The number of hydrogen-bond donors (Lipinski definition) is 0. The summed E-state index contributed by atoms with van der Waals surface area (Å²) in [5.41, 5.74) is 4.99. The van der Waals surface area contributed by atoms with Gasteiger partial charge in [-0.2, -0.15) is 0 Å². The highest BCUT2D eigenvalue weighted by atomic mass is 32.2. The molecule has 0 aliphatic carbocycles. The van der Waals surface area contributed by atoms with Crippen molar-refractivity contribution in [2.45, 2.75) is 4.21 Å². The van der Waals surface area contributed by atoms with Crippen LogP contribution in [0.3, 0.4) is 0 Å². The van der Waals surface area contributed by atoms with E-state index in [1.165, 1.54) is 0 Å². The Hall–Kier alpha value is -2.62. The summed E-state index contributed by atoms with van der Waals surface area (Å²) < 4.78 is 3.26. The first-order valence-corrected chi connectivity index (χ1v) is 11.0. The van der Waals surface area contributed by atoms with Gasteiger partial charge in [-0.25, -0.2) is 0 Å². The van der Waals surface area contributed by atoms with Crippen LogP contribution in [0, 0.1) is 10.1 Å². The van der Waals surface area contributed by atoms with Crippen LogP contribution in [-0.4, -0.2) is 53.6 Å². The van der Waals surface area contributed by atoms with E-state index in [1.54, 1.807) is 35.2 Å². The second kappa shape index (κ2) is 8.02. The highest BCUT2D eigenvalue weighted by molar-refractivity contribution is 8.00. The Labute approximate surface area is 176 Å². The molecule has 0 fully saturated rings. The molecule has 0 N–H and O–H groups in total. The maximum Gasteiger partial charge on any atom is 0.269 e. The Balaban J connectivity index is 1.79. The fourth-order valence-electron chi connectivity index (χ4n) is 3.25. The monoisotopic (exact) mass is 428 g/mol. The number of non-ortho nitro benzene ring substituents is 1. The van der Waals surface area contributed by atoms with Gasteiger partial charge in [-0.1, -0.05) is 5.16 Å². The number of rotatable bonds is 7. The van der Waals surface area contributed by atoms with Crippen LogP contribution in [0.15, 0.2) is 52.0 Å². The minimum atomic E-state index is -0.378. The van der Waals surface area contributed by atoms with Crippen molar-refractivity contribution >= 4 is 34.5 Å². The molecule has 2 aromatic heterocycles. The first-order valence-electron chi connectivity index (χ1n) is 9.00. The van der Waals surface area contributed by atoms with Crippen molar-refractivity contribution < 1.29 is 9.76 Å². The van der Waals surface area contributed by atoms with Crippen molar-refractivity contribution in [1.82, 2.24) is 9.47 Å². The van der Waals surface area contributed by atoms with E-state index in [0.717, 1.165) is 43.9 Å². The van der Waals surface area contributed by atoms with Gasteiger partial charge in [0, 0.05) is 30.4 Å². The predicted octanol–water partition coefficient (Wildman–Crippen LogP) is 4.48. The van der Waals surface area contributed by atoms with Crippen molar-refractivity contribution in [3.63, 3.8) is 0 Å². The van der Waals surface area contributed by atoms with E-state index in [4.69, 9.17) is 4.84 Å². The van der Waals surface area contributed by atoms with Gasteiger partial charge < -0.3 is 14.3 Å². The normalized spacial score (nSPS) is 13.7. The number of likely N-dealkylation sites (N-methyl/N-ethyl adjacent to an activating group) is 1. The number of thioether (sulfide) groups is 1. The SMILES string of the molecule is CSc1sc2c(c1-c1ccc([N+](=O)[O-])cc1)-n1cccc1/C2=N/OCCN(C)C. The summed E-state index contributed by atoms with van der Waals surface area (Å²) in [6.45, 7) is 1.31. The molecule has 0 radical (unpaired) electrons. The van der Waals surface area contributed by atoms with E-state index in [9.17, 15) is 10.1 Å². The summed E-state index contributed by atoms with van der Waals surface area (Å²) in [5.74, 6) is 0. The van der Waals surface area contributed by atoms with Crippen LogP contribution < -0.4 is 0 Å². The predicted molar refractivity (Wildman–Crippen MR) is 118 cm³/mol. The van der Waals surface area contributed by atoms with Gasteiger partial charge in [-0.3, -0.25) is 10.1 Å². The van der Waals surface area contributed by atoms with E-state index in [-0.39, 0.29) is 10.6 Å². The third kappa shape index (κ3) is 3.57. The first kappa shape index (κ1) is 19.7. The zero-order valence-corrected chi connectivity index (χ0v) is 17.9. The van der Waals surface area contributed by atoms with E-state index < -0.39 is 0 Å². The highest BCUT2D eigenvalue weighted by Gasteiger charge is 2.33. The van der Waals surface area contributed by atoms with Crippen molar-refractivity contribution in [3.8, 4) is 16.8 Å². The molecule has 3 heterocycles. The van der Waals surface area contributed by atoms with Crippen LogP contribution in [0.1, 0.15) is 10.6 Å². The zero-order chi connectivity index (χ0) is 20.5. The summed E-state index contributed by atoms with van der Waals surface area (Å²) in [7, 11) is 3.99. The lowest BCUT2D eigenvalue weighted by molar-refractivity contribution is -0.384. The molecule has 9 heteroatoms. The lowest BCUT2D eigenvalue weighted by atomic mass is 10.1. The van der Waals surface area contributed by atoms with Crippen molar-refractivity contribution in [2.75, 3.05) is 33.5 Å². The number of nitro groups is 1. The average Bonchev–Trinajstić information content (AvgIpc) is 3.37. The van der Waals surface area contributed by atoms with E-state index in [0.29, 0.717) is 6.61 Å². The number of benzene rings is 1. The molecule has 0 atom stereocenters. The van der Waals surface area contributed by atoms with Crippen molar-refractivity contribution in [2.24, 2.45) is 5.16 Å². The van der Waals surface area contributed by atoms with E-state index in [1.807, 2.05) is 55.7 Å². The van der Waals surface area contributed by atoms with Gasteiger partial charge in [-0.15, -0.1) is 23.1 Å². The minimum absolute atomic E-state index is 0.0875. The Bertz CT molecular complexity index is 1080. The molecule has 0 saturated heterocycles. The fraction of sp³-hybridized carbons (Fsp3) is 0.250. The largest absolute Gasteiger partial charge is 0.394 e. The Morgan fingerprint density at radius 3 is 2.69 bits per heavy atom. The van der Waals surface area contributed by atoms with E-state index >= 15 is 0 Å². The number of oxime groups is 1. The molecule has 4 rings (SSSR count). The topological polar surface area (TPSA) is 72.9 Å². The highest BCUT2D eigenvalue weighted by Crippen LogP contribution is 2.48. The standard InChI is InChI=1S/C20H20N4O3S2/c1-22(2)11-12-27-21-17-15-5-4-10-23(15)18-16(20(28-3)29-19(17)18)13-6-8-14(9-7-13)24(25)26/h4-10H,11-12H2,1-3H3/b21-17-. The van der Waals surface area contributed by atoms with Gasteiger partial charge >= 0.3 is 0 Å². The summed E-state index contributed by atoms with van der Waals surface area (Å²) in [4.78, 5) is 19.3. The van der Waals surface area contributed by atoms with Crippen molar-refractivity contribution in [3.05, 3.63) is 63.3 Å². The Morgan fingerprint density at radius 2 is 2.03 bits per heavy atom. The summed E-state index contributed by atoms with van der Waals surface area (Å²) in [6, 6.07) is 10.7. The molecule has 0 saturated carbocycles. The number of hydrogen-bond acceptors (Lipinski definition) is 7. The van der Waals surface area contributed by atoms with Gasteiger partial charge in [0.15, 0.2) is 0 Å². The quantitative estimate of drug-likeness (QED) is 0.188. The average molecular weight is 429 g/mol. The first-order chi connectivity index (χ1) is 14.0. The second-order valence-electron chi connectivity index (χ2n) is 6.79. The third-order valence-electron chi connectivity index (χ3n) is 4.64. The molecule has 0 bridgehead atoms. The molecular weight excluding hydrogens is 408 g/mol. The minimum Gasteiger partial charge on any atom is -0.394 e. The molecule has 7 nitrogen and oxygen atoms in total. The number of nitro benzene ring substituents is 1. The van der Waals surface area contributed by atoms with Crippen LogP contribution >= 0.6 is 23.1 Å². The summed E-state index contributed by atoms with van der Waals surface area (Å²) in [5, 5.41) is 15.5. The lowest BCUT2D eigenvalue weighted by Crippen LogP contribution is -2.17. The maximum absolute atomic E-state index is 11.0. The molecule has 0 unspecified atom stereocenters.